The highest BCUT2D eigenvalue weighted by atomic mass is 32.1. The molecular formula is C17H20FN3O2S. The molecule has 1 N–H and O–H groups in total. The van der Waals surface area contributed by atoms with Crippen LogP contribution in [0, 0.1) is 5.82 Å². The maximum absolute atomic E-state index is 13.9. The van der Waals surface area contributed by atoms with E-state index >= 15 is 0 Å². The molecule has 0 unspecified atom stereocenters. The first-order chi connectivity index (χ1) is 11.7. The second-order valence-corrected chi connectivity index (χ2v) is 6.67. The summed E-state index contributed by atoms with van der Waals surface area (Å²) < 4.78 is 19.0. The van der Waals surface area contributed by atoms with Crippen molar-refractivity contribution in [1.29, 1.82) is 0 Å². The van der Waals surface area contributed by atoms with Gasteiger partial charge in [-0.25, -0.2) is 14.2 Å². The number of anilines is 1. The number of methoxy groups -OCH3 is 1. The number of rotatable bonds is 6. The van der Waals surface area contributed by atoms with Gasteiger partial charge in [-0.1, -0.05) is 18.2 Å². The first-order valence-corrected chi connectivity index (χ1v) is 8.79. The van der Waals surface area contributed by atoms with Crippen LogP contribution in [0.4, 0.5) is 14.3 Å². The largest absolute Gasteiger partial charge is 0.378 e. The number of hydrogen-bond acceptors (Lipinski definition) is 4. The third-order valence-electron chi connectivity index (χ3n) is 4.13. The van der Waals surface area contributed by atoms with Crippen LogP contribution in [0.1, 0.15) is 30.5 Å². The Morgan fingerprint density at radius 3 is 2.92 bits per heavy atom. The lowest BCUT2D eigenvalue weighted by Crippen LogP contribution is -2.45. The van der Waals surface area contributed by atoms with E-state index in [2.05, 4.69) is 10.3 Å². The molecule has 1 aromatic carbocycles. The molecule has 0 spiro atoms. The van der Waals surface area contributed by atoms with E-state index in [-0.39, 0.29) is 24.4 Å². The van der Waals surface area contributed by atoms with E-state index in [9.17, 15) is 9.18 Å². The molecule has 1 aliphatic rings. The number of carbonyl (C=O) groups is 1. The Balaban J connectivity index is 1.70. The van der Waals surface area contributed by atoms with Crippen LogP contribution in [-0.4, -0.2) is 29.1 Å². The fraction of sp³-hybridized carbons (Fsp3) is 0.412. The molecule has 7 heteroatoms. The van der Waals surface area contributed by atoms with E-state index < -0.39 is 0 Å². The van der Waals surface area contributed by atoms with Gasteiger partial charge < -0.3 is 9.64 Å². The Morgan fingerprint density at radius 2 is 2.25 bits per heavy atom. The molecule has 1 aromatic heterocycles. The number of ether oxygens (including phenoxy) is 1. The normalized spacial score (nSPS) is 14.2. The van der Waals surface area contributed by atoms with Gasteiger partial charge in [0.1, 0.15) is 5.82 Å². The minimum Gasteiger partial charge on any atom is -0.378 e. The van der Waals surface area contributed by atoms with Crippen LogP contribution in [0.25, 0.3) is 0 Å². The predicted octanol–water partition coefficient (Wildman–Crippen LogP) is 4.02. The fourth-order valence-electron chi connectivity index (χ4n) is 2.62. The number of carbonyl (C=O) groups excluding carboxylic acids is 1. The lowest BCUT2D eigenvalue weighted by Gasteiger charge is -2.37. The van der Waals surface area contributed by atoms with Gasteiger partial charge in [0.2, 0.25) is 0 Å². The summed E-state index contributed by atoms with van der Waals surface area (Å²) in [6.07, 6.45) is 3.00. The van der Waals surface area contributed by atoms with Crippen LogP contribution in [0.5, 0.6) is 0 Å². The zero-order valence-electron chi connectivity index (χ0n) is 13.5. The van der Waals surface area contributed by atoms with Crippen molar-refractivity contribution in [3.63, 3.8) is 0 Å². The van der Waals surface area contributed by atoms with Gasteiger partial charge in [-0.15, -0.1) is 11.3 Å². The lowest BCUT2D eigenvalue weighted by atomic mass is 9.91. The summed E-state index contributed by atoms with van der Waals surface area (Å²) in [4.78, 5) is 18.7. The topological polar surface area (TPSA) is 54.5 Å². The van der Waals surface area contributed by atoms with Crippen molar-refractivity contribution in [3.8, 4) is 0 Å². The smallest absolute Gasteiger partial charge is 0.324 e. The van der Waals surface area contributed by atoms with Gasteiger partial charge in [-0.05, 0) is 25.3 Å². The van der Waals surface area contributed by atoms with Crippen molar-refractivity contribution in [2.75, 3.05) is 12.4 Å². The molecule has 24 heavy (non-hydrogen) atoms. The zero-order chi connectivity index (χ0) is 16.9. The minimum atomic E-state index is -0.286. The molecule has 2 amide bonds. The minimum absolute atomic E-state index is 0.156. The van der Waals surface area contributed by atoms with E-state index in [1.807, 2.05) is 5.38 Å². The quantitative estimate of drug-likeness (QED) is 0.857. The molecule has 0 radical (unpaired) electrons. The molecule has 5 nitrogen and oxygen atoms in total. The molecule has 3 rings (SSSR count). The molecule has 1 heterocycles. The number of thiazole rings is 1. The van der Waals surface area contributed by atoms with Crippen molar-refractivity contribution in [1.82, 2.24) is 9.88 Å². The standard InChI is InChI=1S/C17H20FN3O2S/c1-23-10-13-11-24-16(19-13)20-17(22)21(14-6-4-7-14)9-12-5-2-3-8-15(12)18/h2-3,5,8,11,14H,4,6-7,9-10H2,1H3,(H,19,20,22). The molecule has 1 fully saturated rings. The summed E-state index contributed by atoms with van der Waals surface area (Å²) in [5.74, 6) is -0.286. The van der Waals surface area contributed by atoms with Gasteiger partial charge in [0, 0.05) is 24.1 Å². The van der Waals surface area contributed by atoms with Crippen molar-refractivity contribution < 1.29 is 13.9 Å². The number of nitrogens with zero attached hydrogens (tertiary/aromatic N) is 2. The van der Waals surface area contributed by atoms with Crippen molar-refractivity contribution >= 4 is 22.5 Å². The summed E-state index contributed by atoms with van der Waals surface area (Å²) in [7, 11) is 1.60. The van der Waals surface area contributed by atoms with Crippen LogP contribution >= 0.6 is 11.3 Å². The summed E-state index contributed by atoms with van der Waals surface area (Å²) >= 11 is 1.36. The SMILES string of the molecule is COCc1csc(NC(=O)N(Cc2ccccc2F)C2CCC2)n1. The number of benzene rings is 1. The van der Waals surface area contributed by atoms with E-state index in [4.69, 9.17) is 4.74 Å². The molecule has 128 valence electrons. The highest BCUT2D eigenvalue weighted by molar-refractivity contribution is 7.13. The molecule has 1 aliphatic carbocycles. The van der Waals surface area contributed by atoms with Crippen molar-refractivity contribution in [2.24, 2.45) is 0 Å². The number of nitrogens with one attached hydrogen (secondary N) is 1. The number of urea groups is 1. The molecule has 0 atom stereocenters. The predicted molar refractivity (Wildman–Crippen MR) is 91.4 cm³/mol. The Morgan fingerprint density at radius 1 is 1.46 bits per heavy atom. The van der Waals surface area contributed by atoms with Crippen molar-refractivity contribution in [3.05, 3.63) is 46.7 Å². The van der Waals surface area contributed by atoms with Gasteiger partial charge in [0.15, 0.2) is 5.13 Å². The second-order valence-electron chi connectivity index (χ2n) is 5.81. The van der Waals surface area contributed by atoms with Gasteiger partial charge in [0.05, 0.1) is 18.8 Å². The summed E-state index contributed by atoms with van der Waals surface area (Å²) in [6.45, 7) is 0.674. The first kappa shape index (κ1) is 16.9. The molecule has 1 saturated carbocycles. The van der Waals surface area contributed by atoms with Crippen LogP contribution in [0.3, 0.4) is 0 Å². The van der Waals surface area contributed by atoms with Gasteiger partial charge in [-0.3, -0.25) is 5.32 Å². The van der Waals surface area contributed by atoms with Gasteiger partial charge in [0.25, 0.3) is 0 Å². The Kier molecular flexibility index (Phi) is 5.42. The fourth-order valence-corrected chi connectivity index (χ4v) is 3.30. The van der Waals surface area contributed by atoms with E-state index in [0.29, 0.717) is 17.3 Å². The van der Waals surface area contributed by atoms with Crippen LogP contribution < -0.4 is 5.32 Å². The van der Waals surface area contributed by atoms with Crippen LogP contribution in [0.15, 0.2) is 29.6 Å². The molecule has 2 aromatic rings. The number of hydrogen-bond donors (Lipinski definition) is 1. The van der Waals surface area contributed by atoms with Crippen molar-refractivity contribution in [2.45, 2.75) is 38.5 Å². The summed E-state index contributed by atoms with van der Waals surface area (Å²) in [6, 6.07) is 6.50. The highest BCUT2D eigenvalue weighted by Crippen LogP contribution is 2.28. The molecule has 0 aliphatic heterocycles. The zero-order valence-corrected chi connectivity index (χ0v) is 14.3. The molecule has 0 saturated heterocycles. The van der Waals surface area contributed by atoms with E-state index in [1.54, 1.807) is 30.2 Å². The number of halogens is 1. The Labute approximate surface area is 144 Å². The second kappa shape index (κ2) is 7.72. The highest BCUT2D eigenvalue weighted by Gasteiger charge is 2.29. The molecular weight excluding hydrogens is 329 g/mol. The average Bonchev–Trinajstić information content (AvgIpc) is 2.94. The maximum Gasteiger partial charge on any atom is 0.324 e. The number of aromatic nitrogens is 1. The van der Waals surface area contributed by atoms with Crippen LogP contribution in [0.2, 0.25) is 0 Å². The van der Waals surface area contributed by atoms with Crippen LogP contribution in [-0.2, 0) is 17.9 Å². The Bertz CT molecular complexity index is 703. The maximum atomic E-state index is 13.9. The summed E-state index contributed by atoms with van der Waals surface area (Å²) in [5, 5.41) is 5.21. The van der Waals surface area contributed by atoms with E-state index in [1.165, 1.54) is 17.4 Å². The lowest BCUT2D eigenvalue weighted by molar-refractivity contribution is 0.142. The first-order valence-electron chi connectivity index (χ1n) is 7.91. The van der Waals surface area contributed by atoms with Gasteiger partial charge >= 0.3 is 6.03 Å². The number of amides is 2. The van der Waals surface area contributed by atoms with E-state index in [0.717, 1.165) is 25.0 Å². The monoisotopic (exact) mass is 349 g/mol. The molecule has 0 bridgehead atoms. The summed E-state index contributed by atoms with van der Waals surface area (Å²) in [5.41, 5.74) is 1.31. The Hall–Kier alpha value is -1.99. The average molecular weight is 349 g/mol. The third-order valence-corrected chi connectivity index (χ3v) is 4.94. The third kappa shape index (κ3) is 3.91. The van der Waals surface area contributed by atoms with Gasteiger partial charge in [-0.2, -0.15) is 0 Å².